The lowest BCUT2D eigenvalue weighted by Crippen LogP contribution is -2.23. The number of nitrogens with zero attached hydrogens (tertiary/aromatic N) is 3. The van der Waals surface area contributed by atoms with Crippen LogP contribution in [0.5, 0.6) is 11.5 Å². The van der Waals surface area contributed by atoms with Crippen molar-refractivity contribution in [2.24, 2.45) is 0 Å². The molecule has 164 valence electrons. The smallest absolute Gasteiger partial charge is 0.338 e. The van der Waals surface area contributed by atoms with E-state index in [9.17, 15) is 14.9 Å². The number of halogens is 1. The zero-order valence-corrected chi connectivity index (χ0v) is 18.9. The molecule has 0 unspecified atom stereocenters. The van der Waals surface area contributed by atoms with Crippen molar-refractivity contribution in [3.05, 3.63) is 64.3 Å². The fourth-order valence-corrected chi connectivity index (χ4v) is 3.38. The monoisotopic (exact) mass is 498 g/mol. The minimum absolute atomic E-state index is 0.175. The Bertz CT molecular complexity index is 1170. The first kappa shape index (κ1) is 22.8. The summed E-state index contributed by atoms with van der Waals surface area (Å²) < 4.78 is 17.8. The average Bonchev–Trinajstić information content (AvgIpc) is 3.21. The van der Waals surface area contributed by atoms with E-state index in [1.807, 2.05) is 19.1 Å². The van der Waals surface area contributed by atoms with Crippen molar-refractivity contribution in [1.29, 1.82) is 5.26 Å². The standard InChI is InChI=1S/C22H19BrN4O5/c1-3-31-20-17(23)9-14(10-18(20)30-2)22(29)32-13-19(28)26-21-15(11-24)12-25-27(21)16-7-5-4-6-8-16/h4-10,12H,3,13H2,1-2H3,(H,26,28). The maximum absolute atomic E-state index is 12.5. The summed E-state index contributed by atoms with van der Waals surface area (Å²) in [6, 6.07) is 14.0. The largest absolute Gasteiger partial charge is 0.493 e. The van der Waals surface area contributed by atoms with Crippen LogP contribution in [0.3, 0.4) is 0 Å². The Morgan fingerprint density at radius 3 is 2.66 bits per heavy atom. The fraction of sp³-hybridized carbons (Fsp3) is 0.182. The molecule has 0 radical (unpaired) electrons. The molecule has 0 fully saturated rings. The van der Waals surface area contributed by atoms with Crippen molar-refractivity contribution >= 4 is 33.6 Å². The van der Waals surface area contributed by atoms with E-state index in [0.717, 1.165) is 0 Å². The Morgan fingerprint density at radius 1 is 1.25 bits per heavy atom. The maximum Gasteiger partial charge on any atom is 0.338 e. The topological polar surface area (TPSA) is 115 Å². The SMILES string of the molecule is CCOc1c(Br)cc(C(=O)OCC(=O)Nc2c(C#N)cnn2-c2ccccc2)cc1OC. The number of hydrogen-bond acceptors (Lipinski definition) is 7. The molecule has 2 aromatic carbocycles. The summed E-state index contributed by atoms with van der Waals surface area (Å²) >= 11 is 3.34. The zero-order chi connectivity index (χ0) is 23.1. The molecule has 0 bridgehead atoms. The van der Waals surface area contributed by atoms with Gasteiger partial charge in [-0.05, 0) is 47.1 Å². The van der Waals surface area contributed by atoms with Crippen LogP contribution in [0.4, 0.5) is 5.82 Å². The van der Waals surface area contributed by atoms with Gasteiger partial charge in [0.2, 0.25) is 0 Å². The van der Waals surface area contributed by atoms with Gasteiger partial charge in [-0.1, -0.05) is 18.2 Å². The van der Waals surface area contributed by atoms with E-state index in [0.29, 0.717) is 28.3 Å². The van der Waals surface area contributed by atoms with E-state index in [2.05, 4.69) is 26.3 Å². The highest BCUT2D eigenvalue weighted by atomic mass is 79.9. The van der Waals surface area contributed by atoms with Crippen LogP contribution in [-0.4, -0.2) is 42.0 Å². The van der Waals surface area contributed by atoms with Gasteiger partial charge in [0.25, 0.3) is 5.91 Å². The summed E-state index contributed by atoms with van der Waals surface area (Å²) in [6.45, 7) is 1.69. The van der Waals surface area contributed by atoms with Crippen LogP contribution < -0.4 is 14.8 Å². The van der Waals surface area contributed by atoms with Crippen molar-refractivity contribution < 1.29 is 23.8 Å². The molecule has 9 nitrogen and oxygen atoms in total. The molecule has 0 aliphatic rings. The Labute approximate surface area is 192 Å². The number of para-hydroxylation sites is 1. The van der Waals surface area contributed by atoms with Gasteiger partial charge < -0.3 is 19.5 Å². The first-order valence-corrected chi connectivity index (χ1v) is 10.3. The molecule has 1 amide bonds. The Balaban J connectivity index is 1.71. The predicted octanol–water partition coefficient (Wildman–Crippen LogP) is 3.71. The van der Waals surface area contributed by atoms with Gasteiger partial charge in [0.1, 0.15) is 11.6 Å². The summed E-state index contributed by atoms with van der Waals surface area (Å²) in [5.41, 5.74) is 1.01. The normalized spacial score (nSPS) is 10.2. The number of rotatable bonds is 8. The highest BCUT2D eigenvalue weighted by molar-refractivity contribution is 9.10. The van der Waals surface area contributed by atoms with Gasteiger partial charge in [0.15, 0.2) is 23.9 Å². The average molecular weight is 499 g/mol. The Hall–Kier alpha value is -3.84. The lowest BCUT2D eigenvalue weighted by atomic mass is 10.2. The van der Waals surface area contributed by atoms with Gasteiger partial charge in [-0.15, -0.1) is 0 Å². The van der Waals surface area contributed by atoms with E-state index in [-0.39, 0.29) is 16.9 Å². The number of benzene rings is 2. The second-order valence-electron chi connectivity index (χ2n) is 6.31. The third-order valence-corrected chi connectivity index (χ3v) is 4.83. The maximum atomic E-state index is 12.5. The highest BCUT2D eigenvalue weighted by Crippen LogP contribution is 2.36. The number of carbonyl (C=O) groups is 2. The third-order valence-electron chi connectivity index (χ3n) is 4.24. The number of ether oxygens (including phenoxy) is 3. The highest BCUT2D eigenvalue weighted by Gasteiger charge is 2.19. The van der Waals surface area contributed by atoms with Gasteiger partial charge >= 0.3 is 5.97 Å². The molecule has 3 rings (SSSR count). The van der Waals surface area contributed by atoms with Crippen LogP contribution in [0.15, 0.2) is 53.1 Å². The summed E-state index contributed by atoms with van der Waals surface area (Å²) in [5, 5.41) is 16.1. The fourth-order valence-electron chi connectivity index (χ4n) is 2.82. The number of anilines is 1. The van der Waals surface area contributed by atoms with E-state index in [4.69, 9.17) is 14.2 Å². The second-order valence-corrected chi connectivity index (χ2v) is 7.17. The van der Waals surface area contributed by atoms with Crippen LogP contribution in [0.2, 0.25) is 0 Å². The first-order chi connectivity index (χ1) is 15.5. The predicted molar refractivity (Wildman–Crippen MR) is 119 cm³/mol. The number of nitrogens with one attached hydrogen (secondary N) is 1. The van der Waals surface area contributed by atoms with Crippen LogP contribution >= 0.6 is 15.9 Å². The molecular weight excluding hydrogens is 480 g/mol. The van der Waals surface area contributed by atoms with Gasteiger partial charge in [-0.2, -0.15) is 10.4 Å². The van der Waals surface area contributed by atoms with E-state index in [1.165, 1.54) is 30.1 Å². The molecule has 10 heteroatoms. The lowest BCUT2D eigenvalue weighted by molar-refractivity contribution is -0.119. The molecule has 0 saturated carbocycles. The number of aromatic nitrogens is 2. The van der Waals surface area contributed by atoms with Gasteiger partial charge in [0, 0.05) is 0 Å². The number of carbonyl (C=O) groups excluding carboxylic acids is 2. The Kier molecular flexibility index (Phi) is 7.46. The number of methoxy groups -OCH3 is 1. The minimum atomic E-state index is -0.723. The van der Waals surface area contributed by atoms with Gasteiger partial charge in [0.05, 0.1) is 35.6 Å². The molecule has 32 heavy (non-hydrogen) atoms. The summed E-state index contributed by atoms with van der Waals surface area (Å²) in [6.07, 6.45) is 1.35. The van der Waals surface area contributed by atoms with Crippen molar-refractivity contribution in [3.63, 3.8) is 0 Å². The minimum Gasteiger partial charge on any atom is -0.493 e. The number of esters is 1. The molecule has 0 saturated heterocycles. The summed E-state index contributed by atoms with van der Waals surface area (Å²) in [5.74, 6) is -0.348. The number of hydrogen-bond donors (Lipinski definition) is 1. The van der Waals surface area contributed by atoms with E-state index >= 15 is 0 Å². The zero-order valence-electron chi connectivity index (χ0n) is 17.3. The summed E-state index contributed by atoms with van der Waals surface area (Å²) in [4.78, 5) is 24.9. The van der Waals surface area contributed by atoms with Gasteiger partial charge in [-0.3, -0.25) is 4.79 Å². The molecule has 0 aliphatic carbocycles. The van der Waals surface area contributed by atoms with Crippen molar-refractivity contribution in [2.45, 2.75) is 6.92 Å². The number of nitriles is 1. The second kappa shape index (κ2) is 10.5. The van der Waals surface area contributed by atoms with Crippen LogP contribution in [-0.2, 0) is 9.53 Å². The van der Waals surface area contributed by atoms with Crippen molar-refractivity contribution in [2.75, 3.05) is 25.6 Å². The number of amides is 1. The third kappa shape index (κ3) is 5.07. The van der Waals surface area contributed by atoms with Crippen LogP contribution in [0.25, 0.3) is 5.69 Å². The van der Waals surface area contributed by atoms with Crippen molar-refractivity contribution in [1.82, 2.24) is 9.78 Å². The van der Waals surface area contributed by atoms with Crippen LogP contribution in [0.1, 0.15) is 22.8 Å². The molecule has 0 aliphatic heterocycles. The van der Waals surface area contributed by atoms with Crippen molar-refractivity contribution in [3.8, 4) is 23.3 Å². The molecule has 1 N–H and O–H groups in total. The molecular formula is C22H19BrN4O5. The molecule has 1 heterocycles. The van der Waals surface area contributed by atoms with Gasteiger partial charge in [-0.25, -0.2) is 9.48 Å². The molecule has 0 spiro atoms. The first-order valence-electron chi connectivity index (χ1n) is 9.49. The lowest BCUT2D eigenvalue weighted by Gasteiger charge is -2.13. The van der Waals surface area contributed by atoms with E-state index in [1.54, 1.807) is 24.3 Å². The van der Waals surface area contributed by atoms with E-state index < -0.39 is 18.5 Å². The quantitative estimate of drug-likeness (QED) is 0.470. The summed E-state index contributed by atoms with van der Waals surface area (Å²) in [7, 11) is 1.45. The Morgan fingerprint density at radius 2 is 2.00 bits per heavy atom. The van der Waals surface area contributed by atoms with Crippen LogP contribution in [0, 0.1) is 11.3 Å². The molecule has 3 aromatic rings. The molecule has 1 aromatic heterocycles. The molecule has 0 atom stereocenters.